The quantitative estimate of drug-likeness (QED) is 0.455. The number of Topliss-reactive ketones (excluding diaryl/α,β-unsaturated/α-hetero) is 1. The minimum Gasteiger partial charge on any atom is -0.393 e. The van der Waals surface area contributed by atoms with E-state index in [9.17, 15) is 14.7 Å². The molecule has 4 fully saturated rings. The molecule has 1 aromatic carbocycles. The first-order valence-corrected chi connectivity index (χ1v) is 15.7. The van der Waals surface area contributed by atoms with Crippen LogP contribution in [0.2, 0.25) is 0 Å². The highest BCUT2D eigenvalue weighted by Gasteiger charge is 2.75. The molecule has 212 valence electrons. The standard InChI is InChI=1S/C32H38N2O5S/c1-4-7-27-38-26-15-21-20-11-10-18-14-19(35)12-13-30(18,2)28(20)24(36)16-31(21,3)32(26,39-27)25(37)17-40-29-33-22-8-5-6-9-23(22)34-29/h5-6,8-9,12-14,20-21,24,26-28,36H,4,7,10-11,15-17H2,1-3H3,(H,33,34)/t20?,21?,24-,26+,27+,28?,30?,31?,32+/m0/s1. The third-order valence-electron chi connectivity index (χ3n) is 10.9. The van der Waals surface area contributed by atoms with E-state index in [0.717, 1.165) is 48.7 Å². The Hall–Kier alpha value is -2.26. The predicted molar refractivity (Wildman–Crippen MR) is 153 cm³/mol. The van der Waals surface area contributed by atoms with E-state index in [1.54, 1.807) is 12.2 Å². The summed E-state index contributed by atoms with van der Waals surface area (Å²) in [7, 11) is 0. The number of aliphatic hydroxyl groups is 1. The Balaban J connectivity index is 1.22. The van der Waals surface area contributed by atoms with Gasteiger partial charge in [0.15, 0.2) is 28.6 Å². The molecule has 2 aromatic rings. The molecule has 3 saturated carbocycles. The molecule has 8 heteroatoms. The van der Waals surface area contributed by atoms with Crippen LogP contribution < -0.4 is 0 Å². The zero-order chi connectivity index (χ0) is 27.9. The van der Waals surface area contributed by atoms with Gasteiger partial charge >= 0.3 is 0 Å². The van der Waals surface area contributed by atoms with Crippen LogP contribution in [0.15, 0.2) is 53.2 Å². The zero-order valence-electron chi connectivity index (χ0n) is 23.4. The Morgan fingerprint density at radius 3 is 2.90 bits per heavy atom. The van der Waals surface area contributed by atoms with Gasteiger partial charge < -0.3 is 19.6 Å². The number of para-hydroxylation sites is 2. The molecular formula is C32H38N2O5S. The molecule has 0 spiro atoms. The average Bonchev–Trinajstić information content (AvgIpc) is 3.57. The maximum Gasteiger partial charge on any atom is 0.178 e. The van der Waals surface area contributed by atoms with Crippen LogP contribution in [0, 0.1) is 28.6 Å². The fourth-order valence-electron chi connectivity index (χ4n) is 9.24. The van der Waals surface area contributed by atoms with Crippen molar-refractivity contribution in [2.45, 2.75) is 88.6 Å². The van der Waals surface area contributed by atoms with Crippen molar-refractivity contribution in [2.75, 3.05) is 5.75 Å². The Morgan fingerprint density at radius 1 is 1.27 bits per heavy atom. The van der Waals surface area contributed by atoms with E-state index in [2.05, 4.69) is 30.7 Å². The summed E-state index contributed by atoms with van der Waals surface area (Å²) in [6.07, 6.45) is 8.72. The number of carbonyl (C=O) groups is 2. The minimum atomic E-state index is -1.10. The van der Waals surface area contributed by atoms with Gasteiger partial charge in [0.1, 0.15) is 0 Å². The number of hydrogen-bond acceptors (Lipinski definition) is 7. The Kier molecular flexibility index (Phi) is 6.24. The molecule has 5 aliphatic rings. The predicted octanol–water partition coefficient (Wildman–Crippen LogP) is 5.39. The number of thioether (sulfide) groups is 1. The van der Waals surface area contributed by atoms with Crippen LogP contribution >= 0.6 is 11.8 Å². The van der Waals surface area contributed by atoms with Crippen molar-refractivity contribution in [1.29, 1.82) is 0 Å². The largest absolute Gasteiger partial charge is 0.393 e. The molecule has 0 amide bonds. The van der Waals surface area contributed by atoms with Crippen molar-refractivity contribution in [3.63, 3.8) is 0 Å². The van der Waals surface area contributed by atoms with Crippen LogP contribution in [-0.4, -0.2) is 56.5 Å². The number of ketones is 2. The Bertz CT molecular complexity index is 1400. The topological polar surface area (TPSA) is 102 Å². The van der Waals surface area contributed by atoms with Crippen LogP contribution in [0.3, 0.4) is 0 Å². The second kappa shape index (κ2) is 9.38. The number of allylic oxidation sites excluding steroid dienone is 4. The van der Waals surface area contributed by atoms with Crippen molar-refractivity contribution in [3.05, 3.63) is 48.1 Å². The molecule has 9 atom stereocenters. The van der Waals surface area contributed by atoms with Gasteiger partial charge in [-0.15, -0.1) is 0 Å². The summed E-state index contributed by atoms with van der Waals surface area (Å²) < 4.78 is 13.3. The monoisotopic (exact) mass is 562 g/mol. The second-order valence-corrected chi connectivity index (χ2v) is 13.9. The molecule has 1 saturated heterocycles. The third kappa shape index (κ3) is 3.65. The average molecular weight is 563 g/mol. The summed E-state index contributed by atoms with van der Waals surface area (Å²) in [5, 5.41) is 12.6. The molecule has 2 heterocycles. The van der Waals surface area contributed by atoms with Gasteiger partial charge in [-0.2, -0.15) is 0 Å². The van der Waals surface area contributed by atoms with E-state index < -0.39 is 23.4 Å². The van der Waals surface area contributed by atoms with Crippen molar-refractivity contribution >= 4 is 34.4 Å². The number of carbonyl (C=O) groups excluding carboxylic acids is 2. The summed E-state index contributed by atoms with van der Waals surface area (Å²) in [5.74, 6) is 0.675. The fourth-order valence-corrected chi connectivity index (χ4v) is 10.1. The van der Waals surface area contributed by atoms with Crippen molar-refractivity contribution in [1.82, 2.24) is 9.97 Å². The molecule has 0 radical (unpaired) electrons. The van der Waals surface area contributed by atoms with Crippen LogP contribution in [0.4, 0.5) is 0 Å². The molecule has 5 unspecified atom stereocenters. The molecule has 4 aliphatic carbocycles. The Labute approximate surface area is 239 Å². The number of ether oxygens (including phenoxy) is 2. The van der Waals surface area contributed by atoms with E-state index >= 15 is 0 Å². The van der Waals surface area contributed by atoms with E-state index in [4.69, 9.17) is 9.47 Å². The third-order valence-corrected chi connectivity index (χ3v) is 11.8. The van der Waals surface area contributed by atoms with Gasteiger partial charge in [-0.25, -0.2) is 4.98 Å². The number of fused-ring (bicyclic) bond motifs is 8. The fraction of sp³-hybridized carbons (Fsp3) is 0.594. The number of H-pyrrole nitrogens is 1. The summed E-state index contributed by atoms with van der Waals surface area (Å²) >= 11 is 1.41. The number of nitrogens with zero attached hydrogens (tertiary/aromatic N) is 1. The highest BCUT2D eigenvalue weighted by molar-refractivity contribution is 7.99. The molecule has 7 rings (SSSR count). The van der Waals surface area contributed by atoms with E-state index in [1.165, 1.54) is 11.8 Å². The number of hydrogen-bond donors (Lipinski definition) is 2. The lowest BCUT2D eigenvalue weighted by atomic mass is 9.46. The molecule has 0 bridgehead atoms. The van der Waals surface area contributed by atoms with E-state index in [1.807, 2.05) is 30.3 Å². The van der Waals surface area contributed by atoms with E-state index in [0.29, 0.717) is 11.6 Å². The molecule has 7 nitrogen and oxygen atoms in total. The molecular weight excluding hydrogens is 524 g/mol. The smallest absolute Gasteiger partial charge is 0.178 e. The number of imidazole rings is 1. The normalized spacial score (nSPS) is 41.8. The molecule has 2 N–H and O–H groups in total. The molecule has 1 aliphatic heterocycles. The van der Waals surface area contributed by atoms with E-state index in [-0.39, 0.29) is 46.6 Å². The number of rotatable bonds is 6. The number of aromatic amines is 1. The van der Waals surface area contributed by atoms with Crippen molar-refractivity contribution < 1.29 is 24.2 Å². The summed E-state index contributed by atoms with van der Waals surface area (Å²) in [5.41, 5.74) is 0.949. The highest BCUT2D eigenvalue weighted by Crippen LogP contribution is 2.69. The summed E-state index contributed by atoms with van der Waals surface area (Å²) in [6, 6.07) is 7.86. The lowest BCUT2D eigenvalue weighted by molar-refractivity contribution is -0.197. The van der Waals surface area contributed by atoms with Crippen molar-refractivity contribution in [2.24, 2.45) is 28.6 Å². The van der Waals surface area contributed by atoms with Gasteiger partial charge in [-0.3, -0.25) is 9.59 Å². The van der Waals surface area contributed by atoms with Gasteiger partial charge in [0.2, 0.25) is 0 Å². The van der Waals surface area contributed by atoms with Crippen LogP contribution in [0.1, 0.15) is 59.3 Å². The zero-order valence-corrected chi connectivity index (χ0v) is 24.2. The lowest BCUT2D eigenvalue weighted by Gasteiger charge is -2.59. The SMILES string of the molecule is CCC[C@@H]1O[C@@H]2CC3C4CCC5=CC(=O)C=CC5(C)C4[C@@H](O)CC3(C)[C@]2(C(=O)CSc2nc3ccccc3[nH]2)O1. The van der Waals surface area contributed by atoms with Gasteiger partial charge in [0, 0.05) is 16.7 Å². The first-order valence-electron chi connectivity index (χ1n) is 14.8. The number of benzene rings is 1. The van der Waals surface area contributed by atoms with Crippen LogP contribution in [-0.2, 0) is 19.1 Å². The van der Waals surface area contributed by atoms with Gasteiger partial charge in [0.25, 0.3) is 0 Å². The number of nitrogens with one attached hydrogen (secondary N) is 1. The first-order chi connectivity index (χ1) is 19.2. The second-order valence-electron chi connectivity index (χ2n) is 12.9. The van der Waals surface area contributed by atoms with Crippen LogP contribution in [0.5, 0.6) is 0 Å². The maximum absolute atomic E-state index is 14.4. The van der Waals surface area contributed by atoms with Gasteiger partial charge in [-0.1, -0.05) is 62.7 Å². The first kappa shape index (κ1) is 26.6. The summed E-state index contributed by atoms with van der Waals surface area (Å²) in [4.78, 5) is 34.6. The summed E-state index contributed by atoms with van der Waals surface area (Å²) in [6.45, 7) is 6.45. The van der Waals surface area contributed by atoms with Crippen molar-refractivity contribution in [3.8, 4) is 0 Å². The highest BCUT2D eigenvalue weighted by atomic mass is 32.2. The van der Waals surface area contributed by atoms with Crippen LogP contribution in [0.25, 0.3) is 11.0 Å². The minimum absolute atomic E-state index is 0.00253. The van der Waals surface area contributed by atoms with Gasteiger partial charge in [-0.05, 0) is 68.2 Å². The maximum atomic E-state index is 14.4. The number of aromatic nitrogens is 2. The Morgan fingerprint density at radius 2 is 2.10 bits per heavy atom. The molecule has 1 aromatic heterocycles. The number of aliphatic hydroxyl groups excluding tert-OH is 1. The molecule has 40 heavy (non-hydrogen) atoms. The van der Waals surface area contributed by atoms with Gasteiger partial charge in [0.05, 0.1) is 29.0 Å². The lowest BCUT2D eigenvalue weighted by Crippen LogP contribution is -2.63.